The van der Waals surface area contributed by atoms with E-state index in [9.17, 15) is 4.39 Å². The molecule has 2 rings (SSSR count). The molecule has 0 radical (unpaired) electrons. The van der Waals surface area contributed by atoms with Crippen LogP contribution in [-0.4, -0.2) is 0 Å². The molecule has 2 N–H and O–H groups in total. The topological polar surface area (TPSA) is 26.0 Å². The highest BCUT2D eigenvalue weighted by Gasteiger charge is 2.39. The van der Waals surface area contributed by atoms with Crippen LogP contribution < -0.4 is 5.73 Å². The van der Waals surface area contributed by atoms with Gasteiger partial charge in [0.1, 0.15) is 5.82 Å². The van der Waals surface area contributed by atoms with Gasteiger partial charge in [0.25, 0.3) is 0 Å². The first-order valence-electron chi connectivity index (χ1n) is 5.07. The standard InChI is InChI=1S/C12H16FN/c1-8-3-4-10(7-11(8)13)12(2,14)9-5-6-9/h3-4,7,9H,5-6,14H2,1-2H3. The quantitative estimate of drug-likeness (QED) is 0.767. The summed E-state index contributed by atoms with van der Waals surface area (Å²) in [7, 11) is 0. The molecule has 1 unspecified atom stereocenters. The molecule has 0 amide bonds. The van der Waals surface area contributed by atoms with Crippen LogP contribution in [0.4, 0.5) is 4.39 Å². The maximum atomic E-state index is 13.3. The van der Waals surface area contributed by atoms with E-state index in [1.165, 1.54) is 12.8 Å². The summed E-state index contributed by atoms with van der Waals surface area (Å²) in [5.74, 6) is 0.379. The minimum atomic E-state index is -0.353. The second-order valence-electron chi connectivity index (χ2n) is 4.52. The van der Waals surface area contributed by atoms with Gasteiger partial charge in [-0.25, -0.2) is 4.39 Å². The van der Waals surface area contributed by atoms with Gasteiger partial charge in [-0.1, -0.05) is 12.1 Å². The molecular weight excluding hydrogens is 177 g/mol. The zero-order valence-electron chi connectivity index (χ0n) is 8.68. The summed E-state index contributed by atoms with van der Waals surface area (Å²) >= 11 is 0. The normalized spacial score (nSPS) is 20.6. The molecule has 1 atom stereocenters. The van der Waals surface area contributed by atoms with Crippen molar-refractivity contribution >= 4 is 0 Å². The van der Waals surface area contributed by atoms with Crippen LogP contribution in [0.5, 0.6) is 0 Å². The van der Waals surface area contributed by atoms with Gasteiger partial charge in [-0.3, -0.25) is 0 Å². The van der Waals surface area contributed by atoms with Gasteiger partial charge in [0.2, 0.25) is 0 Å². The van der Waals surface area contributed by atoms with Gasteiger partial charge in [-0.15, -0.1) is 0 Å². The lowest BCUT2D eigenvalue weighted by molar-refractivity contribution is 0.424. The van der Waals surface area contributed by atoms with Crippen molar-refractivity contribution in [2.24, 2.45) is 11.7 Å². The van der Waals surface area contributed by atoms with Crippen LogP contribution in [0.1, 0.15) is 30.9 Å². The third-order valence-electron chi connectivity index (χ3n) is 3.22. The number of hydrogen-bond donors (Lipinski definition) is 1. The van der Waals surface area contributed by atoms with Crippen molar-refractivity contribution in [3.8, 4) is 0 Å². The monoisotopic (exact) mass is 193 g/mol. The van der Waals surface area contributed by atoms with E-state index in [1.807, 2.05) is 13.0 Å². The molecule has 0 aliphatic heterocycles. The Bertz CT molecular complexity index is 353. The first-order chi connectivity index (χ1) is 6.51. The van der Waals surface area contributed by atoms with Gasteiger partial charge in [0.15, 0.2) is 0 Å². The molecule has 1 nitrogen and oxygen atoms in total. The summed E-state index contributed by atoms with van der Waals surface area (Å²) in [5, 5.41) is 0. The predicted octanol–water partition coefficient (Wildman–Crippen LogP) is 2.72. The summed E-state index contributed by atoms with van der Waals surface area (Å²) in [6.07, 6.45) is 2.34. The first kappa shape index (κ1) is 9.66. The second kappa shape index (κ2) is 3.06. The Kier molecular flexibility index (Phi) is 2.11. The van der Waals surface area contributed by atoms with Crippen molar-refractivity contribution in [1.82, 2.24) is 0 Å². The molecule has 1 saturated carbocycles. The van der Waals surface area contributed by atoms with Crippen LogP contribution in [0.3, 0.4) is 0 Å². The minimum absolute atomic E-state index is 0.153. The first-order valence-corrected chi connectivity index (χ1v) is 5.07. The van der Waals surface area contributed by atoms with Crippen LogP contribution >= 0.6 is 0 Å². The van der Waals surface area contributed by atoms with Crippen molar-refractivity contribution in [3.63, 3.8) is 0 Å². The van der Waals surface area contributed by atoms with Crippen molar-refractivity contribution in [2.45, 2.75) is 32.2 Å². The van der Waals surface area contributed by atoms with Crippen molar-refractivity contribution in [3.05, 3.63) is 35.1 Å². The fourth-order valence-electron chi connectivity index (χ4n) is 1.85. The van der Waals surface area contributed by atoms with Gasteiger partial charge in [0.05, 0.1) is 0 Å². The highest BCUT2D eigenvalue weighted by atomic mass is 19.1. The molecule has 0 bridgehead atoms. The number of hydrogen-bond acceptors (Lipinski definition) is 1. The largest absolute Gasteiger partial charge is 0.321 e. The van der Waals surface area contributed by atoms with E-state index in [1.54, 1.807) is 19.1 Å². The lowest BCUT2D eigenvalue weighted by Gasteiger charge is -2.25. The predicted molar refractivity (Wildman–Crippen MR) is 55.4 cm³/mol. The van der Waals surface area contributed by atoms with E-state index in [0.29, 0.717) is 11.5 Å². The number of rotatable bonds is 2. The Morgan fingerprint density at radius 3 is 2.57 bits per heavy atom. The molecule has 1 aliphatic carbocycles. The van der Waals surface area contributed by atoms with E-state index >= 15 is 0 Å². The summed E-state index contributed by atoms with van der Waals surface area (Å²) in [5.41, 5.74) is 7.44. The van der Waals surface area contributed by atoms with Crippen LogP contribution in [0.25, 0.3) is 0 Å². The highest BCUT2D eigenvalue weighted by Crippen LogP contribution is 2.43. The smallest absolute Gasteiger partial charge is 0.126 e. The number of benzene rings is 1. The number of halogens is 1. The Labute approximate surface area is 84.1 Å². The van der Waals surface area contributed by atoms with Crippen LogP contribution in [0, 0.1) is 18.7 Å². The van der Waals surface area contributed by atoms with E-state index in [-0.39, 0.29) is 11.4 Å². The molecular formula is C12H16FN. The van der Waals surface area contributed by atoms with E-state index < -0.39 is 0 Å². The van der Waals surface area contributed by atoms with Crippen molar-refractivity contribution in [1.29, 1.82) is 0 Å². The molecule has 1 fully saturated rings. The Morgan fingerprint density at radius 1 is 1.43 bits per heavy atom. The lowest BCUT2D eigenvalue weighted by Crippen LogP contribution is -2.35. The third kappa shape index (κ3) is 1.55. The number of nitrogens with two attached hydrogens (primary N) is 1. The summed E-state index contributed by atoms with van der Waals surface area (Å²) < 4.78 is 13.3. The third-order valence-corrected chi connectivity index (χ3v) is 3.22. The molecule has 14 heavy (non-hydrogen) atoms. The summed E-state index contributed by atoms with van der Waals surface area (Å²) in [4.78, 5) is 0. The second-order valence-corrected chi connectivity index (χ2v) is 4.52. The molecule has 2 heteroatoms. The van der Waals surface area contributed by atoms with E-state index in [4.69, 9.17) is 5.73 Å². The van der Waals surface area contributed by atoms with Gasteiger partial charge < -0.3 is 5.73 Å². The molecule has 0 heterocycles. The highest BCUT2D eigenvalue weighted by molar-refractivity contribution is 5.30. The van der Waals surface area contributed by atoms with E-state index in [0.717, 1.165) is 5.56 Å². The molecule has 0 aromatic heterocycles. The maximum absolute atomic E-state index is 13.3. The van der Waals surface area contributed by atoms with Gasteiger partial charge in [-0.2, -0.15) is 0 Å². The van der Waals surface area contributed by atoms with Crippen molar-refractivity contribution in [2.75, 3.05) is 0 Å². The molecule has 76 valence electrons. The van der Waals surface area contributed by atoms with Crippen LogP contribution in [0.15, 0.2) is 18.2 Å². The fourth-order valence-corrected chi connectivity index (χ4v) is 1.85. The fraction of sp³-hybridized carbons (Fsp3) is 0.500. The van der Waals surface area contributed by atoms with Crippen LogP contribution in [-0.2, 0) is 5.54 Å². The summed E-state index contributed by atoms with van der Waals surface area (Å²) in [6.45, 7) is 3.76. The molecule has 1 aromatic rings. The van der Waals surface area contributed by atoms with Crippen LogP contribution in [0.2, 0.25) is 0 Å². The summed E-state index contributed by atoms with van der Waals surface area (Å²) in [6, 6.07) is 5.32. The van der Waals surface area contributed by atoms with E-state index in [2.05, 4.69) is 0 Å². The lowest BCUT2D eigenvalue weighted by atomic mass is 9.87. The Balaban J connectivity index is 2.36. The Hall–Kier alpha value is -0.890. The molecule has 0 saturated heterocycles. The molecule has 1 aromatic carbocycles. The number of aryl methyl sites for hydroxylation is 1. The zero-order chi connectivity index (χ0) is 10.3. The van der Waals surface area contributed by atoms with Crippen molar-refractivity contribution < 1.29 is 4.39 Å². The van der Waals surface area contributed by atoms with Gasteiger partial charge >= 0.3 is 0 Å². The van der Waals surface area contributed by atoms with Gasteiger partial charge in [-0.05, 0) is 49.8 Å². The minimum Gasteiger partial charge on any atom is -0.321 e. The molecule has 0 spiro atoms. The average molecular weight is 193 g/mol. The zero-order valence-corrected chi connectivity index (χ0v) is 8.68. The average Bonchev–Trinajstić information content (AvgIpc) is 2.92. The SMILES string of the molecule is Cc1ccc(C(C)(N)C2CC2)cc1F. The molecule has 1 aliphatic rings. The van der Waals surface area contributed by atoms with Gasteiger partial charge in [0, 0.05) is 5.54 Å². The maximum Gasteiger partial charge on any atom is 0.126 e. The Morgan fingerprint density at radius 2 is 2.07 bits per heavy atom.